The van der Waals surface area contributed by atoms with Gasteiger partial charge in [-0.15, -0.1) is 0 Å². The van der Waals surface area contributed by atoms with Crippen LogP contribution in [0.4, 0.5) is 10.5 Å². The molecule has 0 spiro atoms. The van der Waals surface area contributed by atoms with Crippen molar-refractivity contribution in [3.63, 3.8) is 0 Å². The first-order valence-corrected chi connectivity index (χ1v) is 5.54. The van der Waals surface area contributed by atoms with Crippen LogP contribution in [0.25, 0.3) is 0 Å². The van der Waals surface area contributed by atoms with E-state index in [1.165, 1.54) is 6.07 Å². The van der Waals surface area contributed by atoms with E-state index in [4.69, 9.17) is 21.6 Å². The second-order valence-corrected chi connectivity index (χ2v) is 4.33. The minimum Gasteiger partial charge on any atom is -0.449 e. The first kappa shape index (κ1) is 13.3. The molecule has 1 rings (SSSR count). The minimum atomic E-state index is -0.573. The van der Waals surface area contributed by atoms with Gasteiger partial charge in [0.2, 0.25) is 0 Å². The summed E-state index contributed by atoms with van der Waals surface area (Å²) in [4.78, 5) is 11.4. The van der Waals surface area contributed by atoms with Crippen molar-refractivity contribution < 1.29 is 9.53 Å². The summed E-state index contributed by atoms with van der Waals surface area (Å²) in [6.07, 6.45) is -0.573. The van der Waals surface area contributed by atoms with E-state index < -0.39 is 6.09 Å². The van der Waals surface area contributed by atoms with E-state index in [2.05, 4.69) is 5.32 Å². The third kappa shape index (κ3) is 4.33. The van der Waals surface area contributed by atoms with Gasteiger partial charge in [0.15, 0.2) is 0 Å². The van der Waals surface area contributed by atoms with E-state index in [0.717, 1.165) is 0 Å². The van der Waals surface area contributed by atoms with Gasteiger partial charge in [0.05, 0.1) is 28.9 Å². The van der Waals surface area contributed by atoms with Gasteiger partial charge < -0.3 is 4.74 Å². The van der Waals surface area contributed by atoms with Gasteiger partial charge in [0, 0.05) is 0 Å². The number of nitriles is 1. The number of halogens is 1. The Kier molecular flexibility index (Phi) is 4.80. The highest BCUT2D eigenvalue weighted by Crippen LogP contribution is 2.22. The number of benzene rings is 1. The minimum absolute atomic E-state index is 0.265. The SMILES string of the molecule is CC(C)COC(=O)Nc1cc(C#N)ccc1Cl. The van der Waals surface area contributed by atoms with Crippen LogP contribution in [0.2, 0.25) is 5.02 Å². The number of ether oxygens (including phenoxy) is 1. The number of nitrogens with one attached hydrogen (secondary N) is 1. The van der Waals surface area contributed by atoms with Gasteiger partial charge in [-0.05, 0) is 24.1 Å². The lowest BCUT2D eigenvalue weighted by Crippen LogP contribution is -2.16. The highest BCUT2D eigenvalue weighted by atomic mass is 35.5. The molecule has 0 saturated heterocycles. The second kappa shape index (κ2) is 6.12. The molecule has 0 aliphatic carbocycles. The largest absolute Gasteiger partial charge is 0.449 e. The summed E-state index contributed by atoms with van der Waals surface area (Å²) >= 11 is 5.88. The van der Waals surface area contributed by atoms with Crippen LogP contribution < -0.4 is 5.32 Å². The average Bonchev–Trinajstić information content (AvgIpc) is 2.29. The first-order chi connectivity index (χ1) is 8.02. The molecule has 4 nitrogen and oxygen atoms in total. The van der Waals surface area contributed by atoms with E-state index in [-0.39, 0.29) is 5.92 Å². The molecule has 0 bridgehead atoms. The highest BCUT2D eigenvalue weighted by molar-refractivity contribution is 6.33. The lowest BCUT2D eigenvalue weighted by Gasteiger charge is -2.09. The predicted molar refractivity (Wildman–Crippen MR) is 66.0 cm³/mol. The van der Waals surface area contributed by atoms with E-state index in [0.29, 0.717) is 22.9 Å². The smallest absolute Gasteiger partial charge is 0.411 e. The van der Waals surface area contributed by atoms with E-state index in [1.807, 2.05) is 19.9 Å². The summed E-state index contributed by atoms with van der Waals surface area (Å²) in [5.41, 5.74) is 0.799. The molecule has 0 unspecified atom stereocenters. The van der Waals surface area contributed by atoms with E-state index >= 15 is 0 Å². The molecule has 17 heavy (non-hydrogen) atoms. The number of hydrogen-bond acceptors (Lipinski definition) is 3. The Morgan fingerprint density at radius 3 is 2.88 bits per heavy atom. The quantitative estimate of drug-likeness (QED) is 0.897. The topological polar surface area (TPSA) is 62.1 Å². The normalized spacial score (nSPS) is 9.82. The highest BCUT2D eigenvalue weighted by Gasteiger charge is 2.08. The van der Waals surface area contributed by atoms with Crippen LogP contribution in [-0.4, -0.2) is 12.7 Å². The maximum absolute atomic E-state index is 11.4. The molecule has 0 saturated carbocycles. The molecule has 90 valence electrons. The summed E-state index contributed by atoms with van der Waals surface area (Å²) in [6.45, 7) is 4.22. The van der Waals surface area contributed by atoms with Gasteiger partial charge >= 0.3 is 6.09 Å². The zero-order valence-electron chi connectivity index (χ0n) is 9.66. The molecule has 1 aromatic rings. The Labute approximate surface area is 105 Å². The fraction of sp³-hybridized carbons (Fsp3) is 0.333. The monoisotopic (exact) mass is 252 g/mol. The molecule has 0 aliphatic rings. The Hall–Kier alpha value is -1.73. The standard InChI is InChI=1S/C12H13ClN2O2/c1-8(2)7-17-12(16)15-11-5-9(6-14)3-4-10(11)13/h3-5,8H,7H2,1-2H3,(H,15,16). The van der Waals surface area contributed by atoms with E-state index in [1.54, 1.807) is 12.1 Å². The van der Waals surface area contributed by atoms with Crippen molar-refractivity contribution in [2.75, 3.05) is 11.9 Å². The Bertz CT molecular complexity index is 452. The lowest BCUT2D eigenvalue weighted by molar-refractivity contribution is 0.147. The molecule has 0 aromatic heterocycles. The third-order valence-electron chi connectivity index (χ3n) is 1.88. The molecule has 5 heteroatoms. The summed E-state index contributed by atoms with van der Waals surface area (Å²) < 4.78 is 4.94. The molecule has 1 amide bonds. The first-order valence-electron chi connectivity index (χ1n) is 5.16. The van der Waals surface area contributed by atoms with Crippen LogP contribution in [0.3, 0.4) is 0 Å². The molecule has 0 fully saturated rings. The zero-order chi connectivity index (χ0) is 12.8. The van der Waals surface area contributed by atoms with Crippen LogP contribution in [0, 0.1) is 17.2 Å². The summed E-state index contributed by atoms with van der Waals surface area (Å²) in [5, 5.41) is 11.6. The third-order valence-corrected chi connectivity index (χ3v) is 2.21. The van der Waals surface area contributed by atoms with Crippen molar-refractivity contribution in [3.05, 3.63) is 28.8 Å². The molecular weight excluding hydrogens is 240 g/mol. The fourth-order valence-electron chi connectivity index (χ4n) is 1.08. The van der Waals surface area contributed by atoms with Gasteiger partial charge in [0.1, 0.15) is 0 Å². The van der Waals surface area contributed by atoms with Crippen molar-refractivity contribution in [2.24, 2.45) is 5.92 Å². The molecule has 0 radical (unpaired) electrons. The van der Waals surface area contributed by atoms with Crippen molar-refractivity contribution >= 4 is 23.4 Å². The van der Waals surface area contributed by atoms with Gasteiger partial charge in [-0.3, -0.25) is 5.32 Å². The number of nitrogens with zero attached hydrogens (tertiary/aromatic N) is 1. The zero-order valence-corrected chi connectivity index (χ0v) is 10.4. The van der Waals surface area contributed by atoms with Gasteiger partial charge in [-0.25, -0.2) is 4.79 Å². The Morgan fingerprint density at radius 2 is 2.29 bits per heavy atom. The maximum Gasteiger partial charge on any atom is 0.411 e. The number of rotatable bonds is 3. The van der Waals surface area contributed by atoms with Gasteiger partial charge in [-0.2, -0.15) is 5.26 Å². The molecule has 0 atom stereocenters. The number of amides is 1. The van der Waals surface area contributed by atoms with Crippen molar-refractivity contribution in [1.29, 1.82) is 5.26 Å². The van der Waals surface area contributed by atoms with E-state index in [9.17, 15) is 4.79 Å². The number of hydrogen-bond donors (Lipinski definition) is 1. The number of carbonyl (C=O) groups excluding carboxylic acids is 1. The lowest BCUT2D eigenvalue weighted by atomic mass is 10.2. The van der Waals surface area contributed by atoms with Crippen LogP contribution in [0.15, 0.2) is 18.2 Å². The van der Waals surface area contributed by atoms with Crippen LogP contribution in [0.1, 0.15) is 19.4 Å². The summed E-state index contributed by atoms with van der Waals surface area (Å²) in [6, 6.07) is 6.60. The molecule has 1 aromatic carbocycles. The number of anilines is 1. The molecule has 0 heterocycles. The van der Waals surface area contributed by atoms with Gasteiger partial charge in [-0.1, -0.05) is 25.4 Å². The van der Waals surface area contributed by atoms with Gasteiger partial charge in [0.25, 0.3) is 0 Å². The molecular formula is C12H13ClN2O2. The maximum atomic E-state index is 11.4. The van der Waals surface area contributed by atoms with Crippen molar-refractivity contribution in [2.45, 2.75) is 13.8 Å². The van der Waals surface area contributed by atoms with Crippen molar-refractivity contribution in [1.82, 2.24) is 0 Å². The fourth-order valence-corrected chi connectivity index (χ4v) is 1.24. The predicted octanol–water partition coefficient (Wildman–Crippen LogP) is 3.42. The Morgan fingerprint density at radius 1 is 1.59 bits per heavy atom. The van der Waals surface area contributed by atoms with Crippen molar-refractivity contribution in [3.8, 4) is 6.07 Å². The Balaban J connectivity index is 2.68. The average molecular weight is 253 g/mol. The second-order valence-electron chi connectivity index (χ2n) is 3.92. The van der Waals surface area contributed by atoms with Crippen LogP contribution in [0.5, 0.6) is 0 Å². The van der Waals surface area contributed by atoms with Crippen LogP contribution in [-0.2, 0) is 4.74 Å². The summed E-state index contributed by atoms with van der Waals surface area (Å²) in [7, 11) is 0. The van der Waals surface area contributed by atoms with Crippen LogP contribution >= 0.6 is 11.6 Å². The summed E-state index contributed by atoms with van der Waals surface area (Å²) in [5.74, 6) is 0.265. The number of carbonyl (C=O) groups is 1. The molecule has 1 N–H and O–H groups in total. The molecule has 0 aliphatic heterocycles.